The molecule has 23 heavy (non-hydrogen) atoms. The fourth-order valence-electron chi connectivity index (χ4n) is 2.53. The Labute approximate surface area is 141 Å². The van der Waals surface area contributed by atoms with Gasteiger partial charge in [0.1, 0.15) is 0 Å². The van der Waals surface area contributed by atoms with Crippen LogP contribution in [0.5, 0.6) is 0 Å². The van der Waals surface area contributed by atoms with Gasteiger partial charge in [-0.2, -0.15) is 0 Å². The van der Waals surface area contributed by atoms with Crippen LogP contribution in [0.15, 0.2) is 35.7 Å². The van der Waals surface area contributed by atoms with Crippen LogP contribution in [0.3, 0.4) is 0 Å². The Morgan fingerprint density at radius 2 is 1.96 bits per heavy atom. The van der Waals surface area contributed by atoms with Crippen molar-refractivity contribution in [2.45, 2.75) is 19.3 Å². The van der Waals surface area contributed by atoms with Crippen molar-refractivity contribution in [3.8, 4) is 11.3 Å². The van der Waals surface area contributed by atoms with Crippen molar-refractivity contribution in [3.05, 3.63) is 35.7 Å². The van der Waals surface area contributed by atoms with Gasteiger partial charge in [0.25, 0.3) is 0 Å². The predicted molar refractivity (Wildman–Crippen MR) is 95.8 cm³/mol. The summed E-state index contributed by atoms with van der Waals surface area (Å²) in [6.45, 7) is 1.72. The van der Waals surface area contributed by atoms with Gasteiger partial charge in [-0.05, 0) is 39.9 Å². The minimum atomic E-state index is 0.221. The molecule has 1 amide bonds. The lowest BCUT2D eigenvalue weighted by Gasteiger charge is -2.21. The average Bonchev–Trinajstić information content (AvgIpc) is 3.29. The summed E-state index contributed by atoms with van der Waals surface area (Å²) >= 11 is 1.57. The molecule has 0 bridgehead atoms. The van der Waals surface area contributed by atoms with Crippen LogP contribution in [0, 0.1) is 5.92 Å². The van der Waals surface area contributed by atoms with Gasteiger partial charge in [-0.3, -0.25) is 9.69 Å². The first-order chi connectivity index (χ1) is 11.1. The van der Waals surface area contributed by atoms with E-state index in [1.807, 2.05) is 28.5 Å². The first-order valence-electron chi connectivity index (χ1n) is 8.12. The van der Waals surface area contributed by atoms with Gasteiger partial charge in [0.05, 0.1) is 5.69 Å². The van der Waals surface area contributed by atoms with E-state index in [1.54, 1.807) is 11.3 Å². The van der Waals surface area contributed by atoms with Gasteiger partial charge in [0, 0.05) is 23.4 Å². The minimum absolute atomic E-state index is 0.221. The Hall–Kier alpha value is -1.72. The second kappa shape index (κ2) is 7.23. The monoisotopic (exact) mass is 329 g/mol. The van der Waals surface area contributed by atoms with E-state index in [2.05, 4.69) is 31.1 Å². The normalized spacial score (nSPS) is 14.2. The third-order valence-corrected chi connectivity index (χ3v) is 4.84. The summed E-state index contributed by atoms with van der Waals surface area (Å²) in [6.07, 6.45) is 3.02. The molecule has 0 radical (unpaired) electrons. The topological polar surface area (TPSA) is 36.4 Å². The SMILES string of the molecule is CN(C)CCCN(C(=O)C1CC1)c1nc(-c2ccccc2)cs1. The lowest BCUT2D eigenvalue weighted by Crippen LogP contribution is -2.34. The number of aromatic nitrogens is 1. The molecule has 5 heteroatoms. The van der Waals surface area contributed by atoms with E-state index in [4.69, 9.17) is 4.98 Å². The lowest BCUT2D eigenvalue weighted by atomic mass is 10.2. The Balaban J connectivity index is 1.76. The number of carbonyl (C=O) groups is 1. The molecule has 1 aromatic heterocycles. The summed E-state index contributed by atoms with van der Waals surface area (Å²) in [5.74, 6) is 0.469. The second-order valence-corrected chi connectivity index (χ2v) is 7.14. The number of carbonyl (C=O) groups excluding carboxylic acids is 1. The van der Waals surface area contributed by atoms with Crippen molar-refractivity contribution >= 4 is 22.4 Å². The molecule has 1 aliphatic carbocycles. The number of nitrogens with zero attached hydrogens (tertiary/aromatic N) is 3. The van der Waals surface area contributed by atoms with Crippen molar-refractivity contribution in [2.24, 2.45) is 5.92 Å². The summed E-state index contributed by atoms with van der Waals surface area (Å²) in [6, 6.07) is 10.1. The van der Waals surface area contributed by atoms with Crippen LogP contribution >= 0.6 is 11.3 Å². The number of anilines is 1. The molecule has 0 atom stereocenters. The van der Waals surface area contributed by atoms with Crippen molar-refractivity contribution in [1.29, 1.82) is 0 Å². The fourth-order valence-corrected chi connectivity index (χ4v) is 3.39. The molecular weight excluding hydrogens is 306 g/mol. The van der Waals surface area contributed by atoms with Crippen molar-refractivity contribution in [2.75, 3.05) is 32.1 Å². The van der Waals surface area contributed by atoms with Crippen LogP contribution in [0.2, 0.25) is 0 Å². The van der Waals surface area contributed by atoms with Crippen molar-refractivity contribution < 1.29 is 4.79 Å². The minimum Gasteiger partial charge on any atom is -0.309 e. The van der Waals surface area contributed by atoms with Gasteiger partial charge in [0.2, 0.25) is 5.91 Å². The molecule has 3 rings (SSSR count). The van der Waals surface area contributed by atoms with Gasteiger partial charge >= 0.3 is 0 Å². The number of hydrogen-bond acceptors (Lipinski definition) is 4. The van der Waals surface area contributed by atoms with Crippen LogP contribution in [0.4, 0.5) is 5.13 Å². The molecule has 0 aliphatic heterocycles. The molecule has 2 aromatic rings. The van der Waals surface area contributed by atoms with E-state index in [1.165, 1.54) is 0 Å². The zero-order chi connectivity index (χ0) is 16.2. The van der Waals surface area contributed by atoms with Gasteiger partial charge in [-0.25, -0.2) is 4.98 Å². The van der Waals surface area contributed by atoms with Crippen LogP contribution in [0.1, 0.15) is 19.3 Å². The lowest BCUT2D eigenvalue weighted by molar-refractivity contribution is -0.119. The largest absolute Gasteiger partial charge is 0.309 e. The molecule has 1 heterocycles. The maximum Gasteiger partial charge on any atom is 0.231 e. The summed E-state index contributed by atoms with van der Waals surface area (Å²) in [5.41, 5.74) is 2.05. The van der Waals surface area contributed by atoms with Gasteiger partial charge in [-0.15, -0.1) is 11.3 Å². The number of benzene rings is 1. The summed E-state index contributed by atoms with van der Waals surface area (Å²) in [4.78, 5) is 21.4. The van der Waals surface area contributed by atoms with Gasteiger partial charge in [0.15, 0.2) is 5.13 Å². The van der Waals surface area contributed by atoms with Crippen LogP contribution < -0.4 is 4.90 Å². The third-order valence-electron chi connectivity index (χ3n) is 3.97. The van der Waals surface area contributed by atoms with E-state index in [0.29, 0.717) is 0 Å². The smallest absolute Gasteiger partial charge is 0.231 e. The highest BCUT2D eigenvalue weighted by atomic mass is 32.1. The van der Waals surface area contributed by atoms with E-state index in [0.717, 1.165) is 48.7 Å². The molecule has 1 fully saturated rings. The second-order valence-electron chi connectivity index (χ2n) is 6.30. The molecule has 1 saturated carbocycles. The summed E-state index contributed by atoms with van der Waals surface area (Å²) in [5, 5.41) is 2.88. The molecular formula is C18H23N3OS. The average molecular weight is 329 g/mol. The summed E-state index contributed by atoms with van der Waals surface area (Å²) in [7, 11) is 4.12. The van der Waals surface area contributed by atoms with E-state index in [-0.39, 0.29) is 11.8 Å². The van der Waals surface area contributed by atoms with Crippen molar-refractivity contribution in [3.63, 3.8) is 0 Å². The molecule has 1 aromatic carbocycles. The van der Waals surface area contributed by atoms with Crippen LogP contribution in [-0.4, -0.2) is 43.0 Å². The Morgan fingerprint density at radius 3 is 2.61 bits per heavy atom. The van der Waals surface area contributed by atoms with E-state index >= 15 is 0 Å². The van der Waals surface area contributed by atoms with Gasteiger partial charge < -0.3 is 4.90 Å². The highest BCUT2D eigenvalue weighted by Gasteiger charge is 2.34. The molecule has 122 valence electrons. The maximum atomic E-state index is 12.6. The van der Waals surface area contributed by atoms with E-state index in [9.17, 15) is 4.79 Å². The first kappa shape index (κ1) is 16.1. The van der Waals surface area contributed by atoms with Crippen LogP contribution in [0.25, 0.3) is 11.3 Å². The third kappa shape index (κ3) is 4.18. The zero-order valence-electron chi connectivity index (χ0n) is 13.7. The molecule has 0 N–H and O–H groups in total. The quantitative estimate of drug-likeness (QED) is 0.780. The molecule has 0 saturated heterocycles. The number of amides is 1. The first-order valence-corrected chi connectivity index (χ1v) is 9.00. The Kier molecular flexibility index (Phi) is 5.08. The Morgan fingerprint density at radius 1 is 1.22 bits per heavy atom. The highest BCUT2D eigenvalue weighted by molar-refractivity contribution is 7.14. The number of rotatable bonds is 7. The maximum absolute atomic E-state index is 12.6. The van der Waals surface area contributed by atoms with Gasteiger partial charge in [-0.1, -0.05) is 30.3 Å². The molecule has 0 spiro atoms. The van der Waals surface area contributed by atoms with E-state index < -0.39 is 0 Å². The van der Waals surface area contributed by atoms with Crippen molar-refractivity contribution in [1.82, 2.24) is 9.88 Å². The predicted octanol–water partition coefficient (Wildman–Crippen LogP) is 3.50. The molecule has 1 aliphatic rings. The van der Waals surface area contributed by atoms with Crippen LogP contribution in [-0.2, 0) is 4.79 Å². The zero-order valence-corrected chi connectivity index (χ0v) is 14.6. The summed E-state index contributed by atoms with van der Waals surface area (Å²) < 4.78 is 0. The number of hydrogen-bond donors (Lipinski definition) is 0. The highest BCUT2D eigenvalue weighted by Crippen LogP contribution is 2.35. The fraction of sp³-hybridized carbons (Fsp3) is 0.444. The molecule has 4 nitrogen and oxygen atoms in total. The standard InChI is InChI=1S/C18H23N3OS/c1-20(2)11-6-12-21(17(22)15-9-10-15)18-19-16(13-23-18)14-7-4-3-5-8-14/h3-5,7-8,13,15H,6,9-12H2,1-2H3. The Bertz CT molecular complexity index is 649. The number of thiazole rings is 1. The molecule has 0 unspecified atom stereocenters.